The number of hydrogen-bond donors (Lipinski definition) is 3. The van der Waals surface area contributed by atoms with Gasteiger partial charge >= 0.3 is 0 Å². The van der Waals surface area contributed by atoms with Gasteiger partial charge in [-0.1, -0.05) is 68.0 Å². The van der Waals surface area contributed by atoms with Gasteiger partial charge in [0.2, 0.25) is 0 Å². The fourth-order valence-electron chi connectivity index (χ4n) is 5.43. The van der Waals surface area contributed by atoms with Gasteiger partial charge in [0.15, 0.2) is 0 Å². The first kappa shape index (κ1) is 31.1. The van der Waals surface area contributed by atoms with Crippen molar-refractivity contribution in [2.24, 2.45) is 17.1 Å². The molecule has 1 aromatic rings. The Kier molecular flexibility index (Phi) is 11.9. The van der Waals surface area contributed by atoms with Crippen LogP contribution in [0.5, 0.6) is 0 Å². The smallest absolute Gasteiger partial charge is 0.104 e. The predicted molar refractivity (Wildman–Crippen MR) is 152 cm³/mol. The average molecular weight is 487 g/mol. The molecule has 1 saturated carbocycles. The highest BCUT2D eigenvalue weighted by atomic mass is 15.3. The number of rotatable bonds is 8. The first-order valence-electron chi connectivity index (χ1n) is 13.7. The quantitative estimate of drug-likeness (QED) is 0.445. The van der Waals surface area contributed by atoms with Gasteiger partial charge < -0.3 is 21.3 Å². The number of hydrogen-bond acceptors (Lipinski definition) is 6. The average Bonchev–Trinajstić information content (AvgIpc) is 3.34. The molecule has 1 saturated heterocycles. The van der Waals surface area contributed by atoms with E-state index in [2.05, 4.69) is 80.2 Å². The molecule has 5 unspecified atom stereocenters. The van der Waals surface area contributed by atoms with Crippen LogP contribution in [0.2, 0.25) is 0 Å². The van der Waals surface area contributed by atoms with Crippen LogP contribution in [0.15, 0.2) is 37.4 Å². The molecule has 6 heteroatoms. The Labute approximate surface area is 216 Å². The Balaban J connectivity index is 0.00000145. The highest BCUT2D eigenvalue weighted by Crippen LogP contribution is 2.46. The van der Waals surface area contributed by atoms with E-state index in [1.54, 1.807) is 18.6 Å². The maximum absolute atomic E-state index is 6.82. The van der Waals surface area contributed by atoms with Crippen LogP contribution in [-0.2, 0) is 0 Å². The second-order valence-corrected chi connectivity index (χ2v) is 10.8. The second-order valence-electron chi connectivity index (χ2n) is 10.8. The molecule has 4 N–H and O–H groups in total. The van der Waals surface area contributed by atoms with Gasteiger partial charge in [-0.15, -0.1) is 0 Å². The third-order valence-corrected chi connectivity index (χ3v) is 7.46. The van der Waals surface area contributed by atoms with Crippen molar-refractivity contribution in [3.8, 4) is 0 Å². The van der Waals surface area contributed by atoms with E-state index in [4.69, 9.17) is 5.73 Å². The first-order chi connectivity index (χ1) is 16.4. The fourth-order valence-corrected chi connectivity index (χ4v) is 5.43. The summed E-state index contributed by atoms with van der Waals surface area (Å²) < 4.78 is 0. The third-order valence-electron chi connectivity index (χ3n) is 7.46. The maximum atomic E-state index is 6.82. The highest BCUT2D eigenvalue weighted by Gasteiger charge is 2.52. The first-order valence-corrected chi connectivity index (χ1v) is 13.7. The minimum absolute atomic E-state index is 0.0200. The number of aromatic nitrogens is 2. The Morgan fingerprint density at radius 2 is 1.77 bits per heavy atom. The van der Waals surface area contributed by atoms with Crippen molar-refractivity contribution in [1.82, 2.24) is 25.5 Å². The van der Waals surface area contributed by atoms with Gasteiger partial charge in [0, 0.05) is 48.3 Å². The topological polar surface area (TPSA) is 79.1 Å². The molecule has 0 aromatic carbocycles. The number of nitrogens with two attached hydrogens (primary N) is 1. The standard InChI is InChI=1S/C25H42N6.2C2H6/c1-16(29-18(3)22-14-27-12-13-28-22)17(2)30-23(24(6,7)8)20(5)31-15-25(26)11-9-10-21(25)19(31)4;2*1-2/h12-14,16-17,19,21,23,29-30H,3,5,9-11,15,26H2,1-2,4,6-8H3;2*1-2H3/t16?,17?,19?,21?,23-,25?;;/m1../s1. The van der Waals surface area contributed by atoms with Crippen LogP contribution >= 0.6 is 0 Å². The number of fused-ring (bicyclic) bond motifs is 1. The van der Waals surface area contributed by atoms with Crippen LogP contribution in [0.3, 0.4) is 0 Å². The van der Waals surface area contributed by atoms with E-state index in [1.807, 2.05) is 27.7 Å². The number of nitrogens with zero attached hydrogens (tertiary/aromatic N) is 3. The van der Waals surface area contributed by atoms with Gasteiger partial charge in [-0.05, 0) is 44.9 Å². The summed E-state index contributed by atoms with van der Waals surface area (Å²) in [4.78, 5) is 11.0. The summed E-state index contributed by atoms with van der Waals surface area (Å²) in [6.07, 6.45) is 8.70. The molecule has 200 valence electrons. The van der Waals surface area contributed by atoms with Gasteiger partial charge in [-0.2, -0.15) is 0 Å². The Morgan fingerprint density at radius 3 is 2.29 bits per heavy atom. The molecule has 1 aliphatic heterocycles. The molecule has 3 rings (SSSR count). The van der Waals surface area contributed by atoms with E-state index in [0.29, 0.717) is 12.0 Å². The van der Waals surface area contributed by atoms with Crippen LogP contribution in [-0.4, -0.2) is 51.1 Å². The van der Waals surface area contributed by atoms with Gasteiger partial charge in [0.05, 0.1) is 17.9 Å². The summed E-state index contributed by atoms with van der Waals surface area (Å²) >= 11 is 0. The zero-order valence-corrected chi connectivity index (χ0v) is 24.3. The minimum Gasteiger partial charge on any atom is -0.380 e. The normalized spacial score (nSPS) is 25.7. The Morgan fingerprint density at radius 1 is 1.14 bits per heavy atom. The second kappa shape index (κ2) is 13.4. The summed E-state index contributed by atoms with van der Waals surface area (Å²) in [5, 5.41) is 7.35. The van der Waals surface area contributed by atoms with Crippen molar-refractivity contribution in [3.05, 3.63) is 43.1 Å². The molecular weight excluding hydrogens is 432 g/mol. The summed E-state index contributed by atoms with van der Waals surface area (Å²) in [6.45, 7) is 31.2. The molecule has 35 heavy (non-hydrogen) atoms. The summed E-state index contributed by atoms with van der Waals surface area (Å²) in [5.41, 5.74) is 9.49. The van der Waals surface area contributed by atoms with Crippen LogP contribution in [0.1, 0.15) is 94.2 Å². The SMILES string of the molecule is C=C(NC(C)C(C)N[C@H](C(=C)N1CC2(N)CCCC2C1C)C(C)(C)C)c1cnccn1.CC.CC. The van der Waals surface area contributed by atoms with Gasteiger partial charge in [0.1, 0.15) is 5.69 Å². The summed E-state index contributed by atoms with van der Waals surface area (Å²) in [5.74, 6) is 0.568. The van der Waals surface area contributed by atoms with Crippen LogP contribution in [0.4, 0.5) is 0 Å². The van der Waals surface area contributed by atoms with E-state index >= 15 is 0 Å². The molecule has 1 aliphatic carbocycles. The Hall–Kier alpha value is -1.92. The molecule has 2 fully saturated rings. The fraction of sp³-hybridized carbons (Fsp3) is 0.724. The lowest BCUT2D eigenvalue weighted by atomic mass is 9.83. The van der Waals surface area contributed by atoms with Crippen molar-refractivity contribution in [3.63, 3.8) is 0 Å². The van der Waals surface area contributed by atoms with Crippen LogP contribution in [0, 0.1) is 11.3 Å². The van der Waals surface area contributed by atoms with Crippen LogP contribution < -0.4 is 16.4 Å². The molecule has 2 heterocycles. The van der Waals surface area contributed by atoms with Crippen molar-refractivity contribution in [2.75, 3.05) is 6.54 Å². The van der Waals surface area contributed by atoms with Crippen molar-refractivity contribution in [1.29, 1.82) is 0 Å². The lowest BCUT2D eigenvalue weighted by Gasteiger charge is -2.42. The number of nitrogens with one attached hydrogen (secondary N) is 2. The maximum Gasteiger partial charge on any atom is 0.104 e. The van der Waals surface area contributed by atoms with Crippen LogP contribution in [0.25, 0.3) is 5.70 Å². The molecule has 0 spiro atoms. The molecule has 0 amide bonds. The predicted octanol–water partition coefficient (Wildman–Crippen LogP) is 5.59. The van der Waals surface area contributed by atoms with E-state index in [0.717, 1.165) is 30.1 Å². The molecule has 2 aliphatic rings. The molecule has 6 nitrogen and oxygen atoms in total. The minimum atomic E-state index is -0.0558. The highest BCUT2D eigenvalue weighted by molar-refractivity contribution is 5.57. The van der Waals surface area contributed by atoms with E-state index in [1.165, 1.54) is 12.8 Å². The molecule has 6 atom stereocenters. The van der Waals surface area contributed by atoms with Crippen molar-refractivity contribution >= 4 is 5.70 Å². The largest absolute Gasteiger partial charge is 0.380 e. The lowest BCUT2D eigenvalue weighted by molar-refractivity contribution is 0.197. The van der Waals surface area contributed by atoms with Crippen molar-refractivity contribution < 1.29 is 0 Å². The Bertz CT molecular complexity index is 786. The van der Waals surface area contributed by atoms with E-state index in [-0.39, 0.29) is 29.1 Å². The summed E-state index contributed by atoms with van der Waals surface area (Å²) in [7, 11) is 0. The molecule has 1 aromatic heterocycles. The molecule has 0 bridgehead atoms. The third kappa shape index (κ3) is 7.53. The van der Waals surface area contributed by atoms with Crippen molar-refractivity contribution in [2.45, 2.75) is 118 Å². The zero-order chi connectivity index (χ0) is 27.0. The summed E-state index contributed by atoms with van der Waals surface area (Å²) in [6, 6.07) is 0.928. The van der Waals surface area contributed by atoms with E-state index < -0.39 is 0 Å². The molecular formula is C29H54N6. The monoisotopic (exact) mass is 486 g/mol. The van der Waals surface area contributed by atoms with Gasteiger partial charge in [-0.25, -0.2) is 0 Å². The lowest BCUT2D eigenvalue weighted by Crippen LogP contribution is -2.55. The van der Waals surface area contributed by atoms with Gasteiger partial charge in [0.25, 0.3) is 0 Å². The number of likely N-dealkylation sites (tertiary alicyclic amines) is 1. The van der Waals surface area contributed by atoms with Gasteiger partial charge in [-0.3, -0.25) is 9.97 Å². The van der Waals surface area contributed by atoms with E-state index in [9.17, 15) is 0 Å². The zero-order valence-electron chi connectivity index (χ0n) is 24.3. The molecule has 0 radical (unpaired) electrons.